The summed E-state index contributed by atoms with van der Waals surface area (Å²) in [4.78, 5) is 7.22. The number of aromatic amines is 1. The first-order valence-electron chi connectivity index (χ1n) is 5.56. The topological polar surface area (TPSA) is 57.4 Å². The van der Waals surface area contributed by atoms with Gasteiger partial charge in [0.25, 0.3) is 0 Å². The van der Waals surface area contributed by atoms with Crippen molar-refractivity contribution < 1.29 is 4.39 Å². The molecule has 98 valence electrons. The second-order valence-corrected chi connectivity index (χ2v) is 5.37. The second kappa shape index (κ2) is 4.81. The number of halogens is 2. The van der Waals surface area contributed by atoms with Gasteiger partial charge >= 0.3 is 0 Å². The number of fused-ring (bicyclic) bond motifs is 1. The summed E-state index contributed by atoms with van der Waals surface area (Å²) in [6.45, 7) is 0. The molecule has 7 heteroatoms. The molecule has 3 rings (SSSR count). The van der Waals surface area contributed by atoms with Gasteiger partial charge in [0.2, 0.25) is 0 Å². The van der Waals surface area contributed by atoms with Crippen LogP contribution in [0.4, 0.5) is 4.39 Å². The molecule has 0 atom stereocenters. The van der Waals surface area contributed by atoms with Crippen LogP contribution in [0.1, 0.15) is 5.56 Å². The SMILES string of the molecule is N#Cc1ccc(-n2c(=S)[nH]c3cc(Br)cnc32)c(F)c1. The van der Waals surface area contributed by atoms with E-state index in [1.165, 1.54) is 22.8 Å². The first kappa shape index (κ1) is 13.0. The number of imidazole rings is 1. The molecule has 1 aromatic carbocycles. The average molecular weight is 349 g/mol. The van der Waals surface area contributed by atoms with Crippen LogP contribution in [-0.2, 0) is 0 Å². The smallest absolute Gasteiger partial charge is 0.184 e. The molecule has 0 fully saturated rings. The van der Waals surface area contributed by atoms with Gasteiger partial charge < -0.3 is 4.98 Å². The van der Waals surface area contributed by atoms with Crippen molar-refractivity contribution in [2.75, 3.05) is 0 Å². The molecule has 0 radical (unpaired) electrons. The zero-order valence-electron chi connectivity index (χ0n) is 9.89. The molecule has 0 aliphatic carbocycles. The minimum Gasteiger partial charge on any atom is -0.329 e. The van der Waals surface area contributed by atoms with Gasteiger partial charge in [0, 0.05) is 10.7 Å². The van der Waals surface area contributed by atoms with Crippen LogP contribution in [0.25, 0.3) is 16.9 Å². The van der Waals surface area contributed by atoms with Crippen molar-refractivity contribution in [3.63, 3.8) is 0 Å². The minimum absolute atomic E-state index is 0.258. The molecule has 0 bridgehead atoms. The Balaban J connectivity index is 2.33. The van der Waals surface area contributed by atoms with Crippen LogP contribution in [0, 0.1) is 21.9 Å². The number of benzene rings is 1. The Labute approximate surface area is 126 Å². The molecule has 4 nitrogen and oxygen atoms in total. The van der Waals surface area contributed by atoms with E-state index in [0.29, 0.717) is 15.9 Å². The summed E-state index contributed by atoms with van der Waals surface area (Å²) in [7, 11) is 0. The molecule has 0 amide bonds. The second-order valence-electron chi connectivity index (χ2n) is 4.07. The van der Waals surface area contributed by atoms with Gasteiger partial charge in [-0.05, 0) is 52.4 Å². The molecular formula is C13H6BrFN4S. The molecule has 3 aromatic rings. The van der Waals surface area contributed by atoms with Crippen LogP contribution in [-0.4, -0.2) is 14.5 Å². The van der Waals surface area contributed by atoms with Gasteiger partial charge in [-0.1, -0.05) is 0 Å². The number of rotatable bonds is 1. The molecule has 0 saturated heterocycles. The molecule has 0 unspecified atom stereocenters. The third-order valence-corrected chi connectivity index (χ3v) is 3.53. The van der Waals surface area contributed by atoms with Gasteiger partial charge in [0.1, 0.15) is 5.82 Å². The summed E-state index contributed by atoms with van der Waals surface area (Å²) in [6.07, 6.45) is 1.61. The van der Waals surface area contributed by atoms with Crippen LogP contribution >= 0.6 is 28.1 Å². The zero-order chi connectivity index (χ0) is 14.3. The minimum atomic E-state index is -0.522. The Hall–Kier alpha value is -2.04. The van der Waals surface area contributed by atoms with Crippen molar-refractivity contribution >= 4 is 39.3 Å². The molecule has 2 heterocycles. The fourth-order valence-corrected chi connectivity index (χ4v) is 2.58. The lowest BCUT2D eigenvalue weighted by atomic mass is 10.2. The van der Waals surface area contributed by atoms with Crippen LogP contribution in [0.2, 0.25) is 0 Å². The summed E-state index contributed by atoms with van der Waals surface area (Å²) in [5.41, 5.74) is 1.75. The van der Waals surface area contributed by atoms with Gasteiger partial charge in [-0.2, -0.15) is 5.26 Å². The molecule has 0 aliphatic rings. The van der Waals surface area contributed by atoms with Gasteiger partial charge in [-0.15, -0.1) is 0 Å². The Morgan fingerprint density at radius 1 is 1.40 bits per heavy atom. The highest BCUT2D eigenvalue weighted by atomic mass is 79.9. The number of hydrogen-bond donors (Lipinski definition) is 1. The van der Waals surface area contributed by atoms with E-state index in [0.717, 1.165) is 4.47 Å². The Bertz CT molecular complexity index is 922. The van der Waals surface area contributed by atoms with E-state index in [2.05, 4.69) is 25.9 Å². The van der Waals surface area contributed by atoms with E-state index in [9.17, 15) is 4.39 Å². The van der Waals surface area contributed by atoms with Crippen molar-refractivity contribution in [2.45, 2.75) is 0 Å². The summed E-state index contributed by atoms with van der Waals surface area (Å²) < 4.78 is 16.8. The van der Waals surface area contributed by atoms with E-state index in [1.54, 1.807) is 6.20 Å². The first-order valence-corrected chi connectivity index (χ1v) is 6.76. The zero-order valence-corrected chi connectivity index (χ0v) is 12.3. The fourth-order valence-electron chi connectivity index (χ4n) is 1.95. The number of hydrogen-bond acceptors (Lipinski definition) is 3. The molecule has 2 aromatic heterocycles. The summed E-state index contributed by atoms with van der Waals surface area (Å²) >= 11 is 8.54. The van der Waals surface area contributed by atoms with Crippen molar-refractivity contribution in [1.82, 2.24) is 14.5 Å². The highest BCUT2D eigenvalue weighted by molar-refractivity contribution is 9.10. The predicted molar refractivity (Wildman–Crippen MR) is 78.6 cm³/mol. The van der Waals surface area contributed by atoms with Gasteiger partial charge in [-0.25, -0.2) is 9.37 Å². The number of nitrogens with one attached hydrogen (secondary N) is 1. The van der Waals surface area contributed by atoms with E-state index >= 15 is 0 Å². The Morgan fingerprint density at radius 2 is 2.20 bits per heavy atom. The average Bonchev–Trinajstić information content (AvgIpc) is 2.73. The maximum Gasteiger partial charge on any atom is 0.184 e. The highest BCUT2D eigenvalue weighted by Crippen LogP contribution is 2.23. The summed E-state index contributed by atoms with van der Waals surface area (Å²) in [6, 6.07) is 7.94. The van der Waals surface area contributed by atoms with Gasteiger partial charge in [0.05, 0.1) is 22.8 Å². The Kier molecular flexibility index (Phi) is 3.12. The van der Waals surface area contributed by atoms with Gasteiger partial charge in [-0.3, -0.25) is 4.57 Å². The summed E-state index contributed by atoms with van der Waals surface area (Å²) in [5, 5.41) is 8.77. The fraction of sp³-hybridized carbons (Fsp3) is 0. The predicted octanol–water partition coefficient (Wildman–Crippen LogP) is 3.86. The van der Waals surface area contributed by atoms with E-state index in [4.69, 9.17) is 17.5 Å². The van der Waals surface area contributed by atoms with Crippen molar-refractivity contribution in [1.29, 1.82) is 5.26 Å². The number of aromatic nitrogens is 3. The number of H-pyrrole nitrogens is 1. The molecule has 0 spiro atoms. The maximum absolute atomic E-state index is 14.1. The lowest BCUT2D eigenvalue weighted by Gasteiger charge is -2.05. The van der Waals surface area contributed by atoms with Gasteiger partial charge in [0.15, 0.2) is 10.4 Å². The van der Waals surface area contributed by atoms with Crippen LogP contribution in [0.5, 0.6) is 0 Å². The molecule has 0 saturated carbocycles. The number of pyridine rings is 1. The monoisotopic (exact) mass is 348 g/mol. The highest BCUT2D eigenvalue weighted by Gasteiger charge is 2.12. The molecule has 1 N–H and O–H groups in total. The quantitative estimate of drug-likeness (QED) is 0.679. The first-order chi connectivity index (χ1) is 9.60. The Morgan fingerprint density at radius 3 is 2.90 bits per heavy atom. The molecule has 20 heavy (non-hydrogen) atoms. The number of nitrogens with zero attached hydrogens (tertiary/aromatic N) is 3. The third kappa shape index (κ3) is 2.03. The number of nitriles is 1. The van der Waals surface area contributed by atoms with Crippen LogP contribution < -0.4 is 0 Å². The van der Waals surface area contributed by atoms with Crippen molar-refractivity contribution in [3.05, 3.63) is 51.1 Å². The van der Waals surface area contributed by atoms with Crippen LogP contribution in [0.3, 0.4) is 0 Å². The van der Waals surface area contributed by atoms with E-state index < -0.39 is 5.82 Å². The standard InChI is InChI=1S/C13H6BrFN4S/c14-8-4-10-12(17-6-8)19(13(20)18-10)11-2-1-7(5-16)3-9(11)15/h1-4,6H,(H,18,20). The summed E-state index contributed by atoms with van der Waals surface area (Å²) in [5.74, 6) is -0.522. The van der Waals surface area contributed by atoms with E-state index in [-0.39, 0.29) is 11.3 Å². The molecule has 0 aliphatic heterocycles. The molecular weight excluding hydrogens is 343 g/mol. The largest absolute Gasteiger partial charge is 0.329 e. The van der Waals surface area contributed by atoms with E-state index in [1.807, 2.05) is 12.1 Å². The van der Waals surface area contributed by atoms with Crippen molar-refractivity contribution in [2.24, 2.45) is 0 Å². The normalized spacial score (nSPS) is 10.7. The lowest BCUT2D eigenvalue weighted by molar-refractivity contribution is 0.618. The maximum atomic E-state index is 14.1. The van der Waals surface area contributed by atoms with Crippen molar-refractivity contribution in [3.8, 4) is 11.8 Å². The van der Waals surface area contributed by atoms with Crippen LogP contribution in [0.15, 0.2) is 34.9 Å². The third-order valence-electron chi connectivity index (χ3n) is 2.81. The lowest BCUT2D eigenvalue weighted by Crippen LogP contribution is -1.99.